The first kappa shape index (κ1) is 19.5. The maximum absolute atomic E-state index is 12.3. The molecule has 0 bridgehead atoms. The summed E-state index contributed by atoms with van der Waals surface area (Å²) in [4.78, 5) is 26.0. The normalized spacial score (nSPS) is 10.3. The molecule has 0 fully saturated rings. The fourth-order valence-corrected chi connectivity index (χ4v) is 2.71. The van der Waals surface area contributed by atoms with Crippen molar-refractivity contribution >= 4 is 17.5 Å². The van der Waals surface area contributed by atoms with E-state index >= 15 is 0 Å². The fraction of sp³-hybridized carbons (Fsp3) is 0.333. The van der Waals surface area contributed by atoms with Gasteiger partial charge in [-0.2, -0.15) is 0 Å². The lowest BCUT2D eigenvalue weighted by Crippen LogP contribution is -2.35. The van der Waals surface area contributed by atoms with E-state index in [1.165, 1.54) is 4.90 Å². The Hall–Kier alpha value is -2.82. The molecule has 138 valence electrons. The Kier molecular flexibility index (Phi) is 6.78. The number of ether oxygens (including phenoxy) is 1. The Morgan fingerprint density at radius 3 is 2.58 bits per heavy atom. The number of methoxy groups -OCH3 is 1. The lowest BCUT2D eigenvalue weighted by atomic mass is 10.1. The number of hydrogen-bond donors (Lipinski definition) is 1. The van der Waals surface area contributed by atoms with Crippen molar-refractivity contribution in [2.24, 2.45) is 0 Å². The lowest BCUT2D eigenvalue weighted by Gasteiger charge is -2.18. The van der Waals surface area contributed by atoms with Crippen LogP contribution in [-0.4, -0.2) is 37.4 Å². The van der Waals surface area contributed by atoms with Gasteiger partial charge in [-0.05, 0) is 49.1 Å². The number of carbonyl (C=O) groups excluding carboxylic acids is 2. The summed E-state index contributed by atoms with van der Waals surface area (Å²) in [6.45, 7) is 3.94. The highest BCUT2D eigenvalue weighted by molar-refractivity contribution is 5.95. The third kappa shape index (κ3) is 5.34. The molecule has 5 nitrogen and oxygen atoms in total. The highest BCUT2D eigenvalue weighted by Gasteiger charge is 2.14. The summed E-state index contributed by atoms with van der Waals surface area (Å²) in [5.41, 5.74) is 3.84. The molecule has 5 heteroatoms. The van der Waals surface area contributed by atoms with Crippen LogP contribution in [0.5, 0.6) is 5.75 Å². The summed E-state index contributed by atoms with van der Waals surface area (Å²) < 4.78 is 5.30. The van der Waals surface area contributed by atoms with Gasteiger partial charge in [-0.25, -0.2) is 0 Å². The summed E-state index contributed by atoms with van der Waals surface area (Å²) in [6.07, 6.45) is 0.902. The van der Waals surface area contributed by atoms with Crippen LogP contribution in [0.15, 0.2) is 42.5 Å². The van der Waals surface area contributed by atoms with Crippen molar-refractivity contribution in [2.75, 3.05) is 26.0 Å². The molecular formula is C21H26N2O3. The average Bonchev–Trinajstić information content (AvgIpc) is 2.62. The number of amides is 2. The number of hydrogen-bond acceptors (Lipinski definition) is 3. The summed E-state index contributed by atoms with van der Waals surface area (Å²) in [6, 6.07) is 13.5. The first-order valence-electron chi connectivity index (χ1n) is 8.63. The molecule has 0 unspecified atom stereocenters. The summed E-state index contributed by atoms with van der Waals surface area (Å²) >= 11 is 0. The minimum absolute atomic E-state index is 0.0259. The molecule has 26 heavy (non-hydrogen) atoms. The highest BCUT2D eigenvalue weighted by atomic mass is 16.5. The van der Waals surface area contributed by atoms with Crippen molar-refractivity contribution in [3.63, 3.8) is 0 Å². The van der Waals surface area contributed by atoms with E-state index in [4.69, 9.17) is 4.74 Å². The molecule has 0 radical (unpaired) electrons. The predicted octanol–water partition coefficient (Wildman–Crippen LogP) is 3.34. The number of carbonyl (C=O) groups is 2. The number of aryl methyl sites for hydroxylation is 3. The first-order valence-corrected chi connectivity index (χ1v) is 8.63. The Bertz CT molecular complexity index is 787. The van der Waals surface area contributed by atoms with E-state index in [2.05, 4.69) is 5.32 Å². The molecule has 2 amide bonds. The van der Waals surface area contributed by atoms with Gasteiger partial charge in [0.2, 0.25) is 11.8 Å². The molecule has 0 aromatic heterocycles. The number of para-hydroxylation sites is 1. The van der Waals surface area contributed by atoms with Crippen LogP contribution in [0.1, 0.15) is 23.1 Å². The van der Waals surface area contributed by atoms with Gasteiger partial charge in [0.05, 0.1) is 13.7 Å². The first-order chi connectivity index (χ1) is 12.4. The maximum Gasteiger partial charge on any atom is 0.243 e. The number of rotatable bonds is 7. The molecule has 1 N–H and O–H groups in total. The second kappa shape index (κ2) is 9.04. The van der Waals surface area contributed by atoms with Crippen molar-refractivity contribution < 1.29 is 14.3 Å². The van der Waals surface area contributed by atoms with Gasteiger partial charge in [0.1, 0.15) is 5.75 Å². The van der Waals surface area contributed by atoms with E-state index in [-0.39, 0.29) is 18.4 Å². The quantitative estimate of drug-likeness (QED) is 0.830. The zero-order valence-electron chi connectivity index (χ0n) is 15.8. The molecule has 0 atom stereocenters. The van der Waals surface area contributed by atoms with Crippen LogP contribution in [0.4, 0.5) is 5.69 Å². The molecule has 2 aromatic rings. The third-order valence-corrected chi connectivity index (χ3v) is 4.27. The number of benzene rings is 2. The van der Waals surface area contributed by atoms with Crippen molar-refractivity contribution in [3.05, 3.63) is 59.2 Å². The zero-order valence-corrected chi connectivity index (χ0v) is 15.8. The number of anilines is 1. The third-order valence-electron chi connectivity index (χ3n) is 4.27. The van der Waals surface area contributed by atoms with E-state index < -0.39 is 0 Å². The minimum Gasteiger partial charge on any atom is -0.496 e. The summed E-state index contributed by atoms with van der Waals surface area (Å²) in [5, 5.41) is 2.88. The second-order valence-corrected chi connectivity index (χ2v) is 6.43. The van der Waals surface area contributed by atoms with E-state index in [0.29, 0.717) is 12.8 Å². The molecule has 0 aliphatic carbocycles. The molecule has 0 saturated carbocycles. The van der Waals surface area contributed by atoms with Gasteiger partial charge in [-0.15, -0.1) is 0 Å². The molecule has 0 aliphatic heterocycles. The van der Waals surface area contributed by atoms with E-state index in [9.17, 15) is 9.59 Å². The van der Waals surface area contributed by atoms with Gasteiger partial charge in [0.25, 0.3) is 0 Å². The van der Waals surface area contributed by atoms with Crippen LogP contribution in [0.25, 0.3) is 0 Å². The Labute approximate surface area is 155 Å². The maximum atomic E-state index is 12.3. The van der Waals surface area contributed by atoms with Gasteiger partial charge in [0, 0.05) is 19.2 Å². The Balaban J connectivity index is 1.88. The number of nitrogens with one attached hydrogen (secondary N) is 1. The van der Waals surface area contributed by atoms with E-state index in [0.717, 1.165) is 28.1 Å². The average molecular weight is 354 g/mol. The predicted molar refractivity (Wildman–Crippen MR) is 103 cm³/mol. The standard InChI is InChI=1S/C21H26N2O3/c1-15-9-10-16(2)18(13-15)22-20(24)14-23(3)21(25)12-11-17-7-5-6-8-19(17)26-4/h5-10,13H,11-12,14H2,1-4H3,(H,22,24). The van der Waals surface area contributed by atoms with Crippen molar-refractivity contribution in [1.82, 2.24) is 4.90 Å². The van der Waals surface area contributed by atoms with Gasteiger partial charge in [-0.1, -0.05) is 30.3 Å². The van der Waals surface area contributed by atoms with Crippen LogP contribution in [-0.2, 0) is 16.0 Å². The van der Waals surface area contributed by atoms with Crippen LogP contribution < -0.4 is 10.1 Å². The molecule has 0 heterocycles. The zero-order chi connectivity index (χ0) is 19.1. The van der Waals surface area contributed by atoms with Crippen LogP contribution >= 0.6 is 0 Å². The second-order valence-electron chi connectivity index (χ2n) is 6.43. The molecule has 0 spiro atoms. The Morgan fingerprint density at radius 1 is 1.12 bits per heavy atom. The van der Waals surface area contributed by atoms with Crippen molar-refractivity contribution in [3.8, 4) is 5.75 Å². The van der Waals surface area contributed by atoms with Crippen LogP contribution in [0.2, 0.25) is 0 Å². The summed E-state index contributed by atoms with van der Waals surface area (Å²) in [5.74, 6) is 0.495. The Morgan fingerprint density at radius 2 is 1.85 bits per heavy atom. The van der Waals surface area contributed by atoms with Gasteiger partial charge in [-0.3, -0.25) is 9.59 Å². The smallest absolute Gasteiger partial charge is 0.243 e. The number of nitrogens with zero attached hydrogens (tertiary/aromatic N) is 1. The summed E-state index contributed by atoms with van der Waals surface area (Å²) in [7, 11) is 3.26. The van der Waals surface area contributed by atoms with Crippen molar-refractivity contribution in [1.29, 1.82) is 0 Å². The molecule has 0 aliphatic rings. The minimum atomic E-state index is -0.202. The number of likely N-dealkylation sites (N-methyl/N-ethyl adjacent to an activating group) is 1. The highest BCUT2D eigenvalue weighted by Crippen LogP contribution is 2.19. The lowest BCUT2D eigenvalue weighted by molar-refractivity contribution is -0.133. The monoisotopic (exact) mass is 354 g/mol. The van der Waals surface area contributed by atoms with Crippen LogP contribution in [0, 0.1) is 13.8 Å². The van der Waals surface area contributed by atoms with E-state index in [1.54, 1.807) is 14.2 Å². The van der Waals surface area contributed by atoms with Crippen molar-refractivity contribution in [2.45, 2.75) is 26.7 Å². The topological polar surface area (TPSA) is 58.6 Å². The fourth-order valence-electron chi connectivity index (χ4n) is 2.71. The molecule has 0 saturated heterocycles. The largest absolute Gasteiger partial charge is 0.496 e. The van der Waals surface area contributed by atoms with E-state index in [1.807, 2.05) is 56.3 Å². The van der Waals surface area contributed by atoms with Gasteiger partial charge < -0.3 is 15.0 Å². The molecular weight excluding hydrogens is 328 g/mol. The van der Waals surface area contributed by atoms with Gasteiger partial charge in [0.15, 0.2) is 0 Å². The van der Waals surface area contributed by atoms with Gasteiger partial charge >= 0.3 is 0 Å². The SMILES string of the molecule is COc1ccccc1CCC(=O)N(C)CC(=O)Nc1cc(C)ccc1C. The van der Waals surface area contributed by atoms with Crippen LogP contribution in [0.3, 0.4) is 0 Å². The molecule has 2 rings (SSSR count). The molecule has 2 aromatic carbocycles.